The van der Waals surface area contributed by atoms with Crippen LogP contribution in [0, 0.1) is 0 Å². The fourth-order valence-electron chi connectivity index (χ4n) is 4.69. The molecule has 1 fully saturated rings. The molecular formula is C28H41N3O2. The first-order valence-corrected chi connectivity index (χ1v) is 12.6. The van der Waals surface area contributed by atoms with Gasteiger partial charge in [-0.1, -0.05) is 44.0 Å². The van der Waals surface area contributed by atoms with Crippen LogP contribution < -0.4 is 9.64 Å². The molecule has 0 saturated carbocycles. The van der Waals surface area contributed by atoms with Gasteiger partial charge in [-0.2, -0.15) is 0 Å². The minimum atomic E-state index is 0.102. The van der Waals surface area contributed by atoms with Crippen molar-refractivity contribution in [3.8, 4) is 5.75 Å². The van der Waals surface area contributed by atoms with Crippen LogP contribution in [0.25, 0.3) is 0 Å². The van der Waals surface area contributed by atoms with Gasteiger partial charge in [0.1, 0.15) is 5.75 Å². The Bertz CT molecular complexity index is 869. The third-order valence-electron chi connectivity index (χ3n) is 6.72. The molecule has 1 aliphatic heterocycles. The van der Waals surface area contributed by atoms with Gasteiger partial charge >= 0.3 is 0 Å². The summed E-state index contributed by atoms with van der Waals surface area (Å²) < 4.78 is 5.78. The second-order valence-corrected chi connectivity index (χ2v) is 8.85. The maximum Gasteiger partial charge on any atom is 0.253 e. The van der Waals surface area contributed by atoms with E-state index in [-0.39, 0.29) is 5.91 Å². The van der Waals surface area contributed by atoms with Gasteiger partial charge in [0.2, 0.25) is 0 Å². The number of methoxy groups -OCH3 is 1. The lowest BCUT2D eigenvalue weighted by Gasteiger charge is -2.37. The van der Waals surface area contributed by atoms with Crippen LogP contribution >= 0.6 is 0 Å². The van der Waals surface area contributed by atoms with Crippen LogP contribution in [0.15, 0.2) is 42.5 Å². The molecule has 5 heteroatoms. The van der Waals surface area contributed by atoms with Crippen LogP contribution in [0.2, 0.25) is 0 Å². The van der Waals surface area contributed by atoms with Gasteiger partial charge in [0.25, 0.3) is 5.91 Å². The number of benzene rings is 2. The van der Waals surface area contributed by atoms with Crippen molar-refractivity contribution < 1.29 is 9.53 Å². The van der Waals surface area contributed by atoms with Crippen molar-refractivity contribution in [2.45, 2.75) is 46.5 Å². The van der Waals surface area contributed by atoms with Gasteiger partial charge in [-0.15, -0.1) is 0 Å². The zero-order valence-electron chi connectivity index (χ0n) is 21.0. The van der Waals surface area contributed by atoms with Gasteiger partial charge in [0, 0.05) is 44.8 Å². The monoisotopic (exact) mass is 451 g/mol. The van der Waals surface area contributed by atoms with Crippen LogP contribution in [0.3, 0.4) is 0 Å². The molecule has 0 bridgehead atoms. The summed E-state index contributed by atoms with van der Waals surface area (Å²) in [4.78, 5) is 19.6. The smallest absolute Gasteiger partial charge is 0.253 e. The summed E-state index contributed by atoms with van der Waals surface area (Å²) in [7, 11) is 1.76. The summed E-state index contributed by atoms with van der Waals surface area (Å²) in [5, 5.41) is 0. The Morgan fingerprint density at radius 1 is 0.939 bits per heavy atom. The van der Waals surface area contributed by atoms with Crippen LogP contribution in [0.5, 0.6) is 5.75 Å². The molecule has 0 aliphatic carbocycles. The largest absolute Gasteiger partial charge is 0.495 e. The highest BCUT2D eigenvalue weighted by atomic mass is 16.5. The van der Waals surface area contributed by atoms with Crippen molar-refractivity contribution in [2.75, 3.05) is 57.8 Å². The highest BCUT2D eigenvalue weighted by Gasteiger charge is 2.22. The van der Waals surface area contributed by atoms with Crippen LogP contribution in [-0.4, -0.2) is 68.6 Å². The Balaban J connectivity index is 1.72. The Kier molecular flexibility index (Phi) is 9.61. The SMILES string of the molecule is CCCCCN1CCN(c2c(Cc3ccc(C(=O)N(CC)CC)cc3)cccc2OC)CC1. The van der Waals surface area contributed by atoms with Crippen LogP contribution in [-0.2, 0) is 6.42 Å². The minimum Gasteiger partial charge on any atom is -0.495 e. The number of anilines is 1. The van der Waals surface area contributed by atoms with Gasteiger partial charge in [0.05, 0.1) is 12.8 Å². The predicted octanol–water partition coefficient (Wildman–Crippen LogP) is 5.08. The molecule has 0 N–H and O–H groups in total. The number of para-hydroxylation sites is 1. The summed E-state index contributed by atoms with van der Waals surface area (Å²) in [6.07, 6.45) is 4.71. The third-order valence-corrected chi connectivity index (χ3v) is 6.72. The number of rotatable bonds is 11. The number of nitrogens with zero attached hydrogens (tertiary/aromatic N) is 3. The Hall–Kier alpha value is -2.53. The fraction of sp³-hybridized carbons (Fsp3) is 0.536. The van der Waals surface area contributed by atoms with Gasteiger partial charge < -0.3 is 14.5 Å². The number of hydrogen-bond acceptors (Lipinski definition) is 4. The van der Waals surface area contributed by atoms with E-state index in [4.69, 9.17) is 4.74 Å². The molecular weight excluding hydrogens is 410 g/mol. The summed E-state index contributed by atoms with van der Waals surface area (Å²) in [6.45, 7) is 13.2. The summed E-state index contributed by atoms with van der Waals surface area (Å²) in [5.74, 6) is 1.05. The van der Waals surface area contributed by atoms with E-state index >= 15 is 0 Å². The van der Waals surface area contributed by atoms with Gasteiger partial charge in [-0.25, -0.2) is 0 Å². The minimum absolute atomic E-state index is 0.102. The number of carbonyl (C=O) groups is 1. The lowest BCUT2D eigenvalue weighted by atomic mass is 10.00. The van der Waals surface area contributed by atoms with E-state index in [0.29, 0.717) is 0 Å². The topological polar surface area (TPSA) is 36.0 Å². The van der Waals surface area contributed by atoms with Gasteiger partial charge in [-0.3, -0.25) is 9.69 Å². The van der Waals surface area contributed by atoms with Crippen molar-refractivity contribution in [2.24, 2.45) is 0 Å². The lowest BCUT2D eigenvalue weighted by molar-refractivity contribution is 0.0773. The fourth-order valence-corrected chi connectivity index (χ4v) is 4.69. The lowest BCUT2D eigenvalue weighted by Crippen LogP contribution is -2.47. The van der Waals surface area contributed by atoms with E-state index in [1.807, 2.05) is 30.9 Å². The second-order valence-electron chi connectivity index (χ2n) is 8.85. The first kappa shape index (κ1) is 25.1. The van der Waals surface area contributed by atoms with E-state index in [0.717, 1.165) is 57.0 Å². The first-order valence-electron chi connectivity index (χ1n) is 12.6. The molecule has 0 unspecified atom stereocenters. The quantitative estimate of drug-likeness (QED) is 0.447. The zero-order valence-corrected chi connectivity index (χ0v) is 21.0. The molecule has 1 heterocycles. The molecule has 33 heavy (non-hydrogen) atoms. The van der Waals surface area contributed by atoms with E-state index in [1.54, 1.807) is 7.11 Å². The molecule has 3 rings (SSSR count). The third kappa shape index (κ3) is 6.50. The number of ether oxygens (including phenoxy) is 1. The molecule has 5 nitrogen and oxygen atoms in total. The normalized spacial score (nSPS) is 14.4. The van der Waals surface area contributed by atoms with Crippen molar-refractivity contribution >= 4 is 11.6 Å². The summed E-state index contributed by atoms with van der Waals surface area (Å²) in [5.41, 5.74) is 4.46. The first-order chi connectivity index (χ1) is 16.1. The predicted molar refractivity (Wildman–Crippen MR) is 138 cm³/mol. The molecule has 180 valence electrons. The highest BCUT2D eigenvalue weighted by Crippen LogP contribution is 2.34. The van der Waals surface area contributed by atoms with E-state index in [9.17, 15) is 4.79 Å². The Labute approximate surface area is 200 Å². The molecule has 0 aromatic heterocycles. The zero-order chi connectivity index (χ0) is 23.6. The summed E-state index contributed by atoms with van der Waals surface area (Å²) in [6, 6.07) is 14.5. The maximum atomic E-state index is 12.6. The van der Waals surface area contributed by atoms with Gasteiger partial charge in [0.15, 0.2) is 0 Å². The molecule has 0 spiro atoms. The molecule has 0 atom stereocenters. The van der Waals surface area contributed by atoms with Gasteiger partial charge in [-0.05, 0) is 62.6 Å². The summed E-state index contributed by atoms with van der Waals surface area (Å²) >= 11 is 0. The second kappa shape index (κ2) is 12.6. The molecule has 2 aromatic carbocycles. The van der Waals surface area contributed by atoms with Crippen molar-refractivity contribution in [3.05, 3.63) is 59.2 Å². The average Bonchev–Trinajstić information content (AvgIpc) is 2.85. The maximum absolute atomic E-state index is 12.6. The van der Waals surface area contributed by atoms with E-state index in [2.05, 4.69) is 47.1 Å². The molecule has 0 radical (unpaired) electrons. The Morgan fingerprint density at radius 3 is 2.24 bits per heavy atom. The molecule has 1 amide bonds. The number of hydrogen-bond donors (Lipinski definition) is 0. The number of unbranched alkanes of at least 4 members (excludes halogenated alkanes) is 2. The van der Waals surface area contributed by atoms with Crippen LogP contribution in [0.1, 0.15) is 61.5 Å². The average molecular weight is 452 g/mol. The van der Waals surface area contributed by atoms with E-state index < -0.39 is 0 Å². The highest BCUT2D eigenvalue weighted by molar-refractivity contribution is 5.94. The molecule has 1 aliphatic rings. The number of piperazine rings is 1. The molecule has 1 saturated heterocycles. The van der Waals surface area contributed by atoms with Crippen molar-refractivity contribution in [3.63, 3.8) is 0 Å². The standard InChI is InChI=1S/C28H41N3O2/c1-5-8-9-17-29-18-20-31(21-19-29)27-25(11-10-12-26(27)33-4)22-23-13-15-24(16-14-23)28(32)30(6-2)7-3/h10-16H,5-9,17-22H2,1-4H3. The van der Waals surface area contributed by atoms with Crippen molar-refractivity contribution in [1.29, 1.82) is 0 Å². The van der Waals surface area contributed by atoms with E-state index in [1.165, 1.54) is 42.6 Å². The number of amides is 1. The Morgan fingerprint density at radius 2 is 1.64 bits per heavy atom. The number of carbonyl (C=O) groups excluding carboxylic acids is 1. The molecule has 2 aromatic rings. The van der Waals surface area contributed by atoms with Crippen LogP contribution in [0.4, 0.5) is 5.69 Å². The van der Waals surface area contributed by atoms with Crippen molar-refractivity contribution in [1.82, 2.24) is 9.80 Å².